The lowest BCUT2D eigenvalue weighted by atomic mass is 10.1. The third-order valence-electron chi connectivity index (χ3n) is 3.31. The highest BCUT2D eigenvalue weighted by Gasteiger charge is 2.19. The largest absolute Gasteiger partial charge is 0.480 e. The Kier molecular flexibility index (Phi) is 5.89. The molecular weight excluding hydrogens is 278 g/mol. The summed E-state index contributed by atoms with van der Waals surface area (Å²) in [5.74, 6) is -0.985. The van der Waals surface area contributed by atoms with Crippen molar-refractivity contribution in [2.45, 2.75) is 12.1 Å². The molecule has 0 spiro atoms. The molecule has 0 aliphatic heterocycles. The summed E-state index contributed by atoms with van der Waals surface area (Å²) in [6, 6.07) is 17.5. The molecule has 4 heteroatoms. The van der Waals surface area contributed by atoms with E-state index in [1.165, 1.54) is 0 Å². The summed E-state index contributed by atoms with van der Waals surface area (Å²) in [7, 11) is 0. The Bertz CT molecular complexity index is 611. The van der Waals surface area contributed by atoms with Gasteiger partial charge >= 0.3 is 5.97 Å². The maximum Gasteiger partial charge on any atom is 0.324 e. The van der Waals surface area contributed by atoms with E-state index in [9.17, 15) is 15.0 Å². The van der Waals surface area contributed by atoms with Gasteiger partial charge in [-0.05, 0) is 11.1 Å². The fourth-order valence-corrected chi connectivity index (χ4v) is 2.14. The van der Waals surface area contributed by atoms with Crippen LogP contribution in [0.2, 0.25) is 0 Å². The van der Waals surface area contributed by atoms with Crippen molar-refractivity contribution in [3.8, 4) is 0 Å². The van der Waals surface area contributed by atoms with Crippen molar-refractivity contribution in [1.29, 1.82) is 0 Å². The number of hydrogen-bond acceptors (Lipinski definition) is 3. The molecule has 0 saturated carbocycles. The van der Waals surface area contributed by atoms with E-state index >= 15 is 0 Å². The van der Waals surface area contributed by atoms with Gasteiger partial charge in [0.05, 0.1) is 12.6 Å². The van der Waals surface area contributed by atoms with Crippen LogP contribution < -0.4 is 5.32 Å². The van der Waals surface area contributed by atoms with Crippen LogP contribution in [-0.2, 0) is 4.79 Å². The molecule has 0 bridgehead atoms. The van der Waals surface area contributed by atoms with Crippen LogP contribution in [0.5, 0.6) is 0 Å². The van der Waals surface area contributed by atoms with Crippen molar-refractivity contribution in [1.82, 2.24) is 5.32 Å². The molecule has 0 radical (unpaired) electrons. The van der Waals surface area contributed by atoms with Crippen molar-refractivity contribution < 1.29 is 15.0 Å². The van der Waals surface area contributed by atoms with Crippen LogP contribution >= 0.6 is 0 Å². The van der Waals surface area contributed by atoms with Crippen molar-refractivity contribution in [3.63, 3.8) is 0 Å². The summed E-state index contributed by atoms with van der Waals surface area (Å²) in [5.41, 5.74) is 1.78. The molecule has 4 nitrogen and oxygen atoms in total. The summed E-state index contributed by atoms with van der Waals surface area (Å²) < 4.78 is 0. The molecule has 0 aromatic heterocycles. The number of aliphatic hydroxyl groups excluding tert-OH is 1. The quantitative estimate of drug-likeness (QED) is 0.734. The van der Waals surface area contributed by atoms with Gasteiger partial charge in [-0.1, -0.05) is 72.8 Å². The van der Waals surface area contributed by atoms with Gasteiger partial charge in [-0.15, -0.1) is 0 Å². The minimum atomic E-state index is -0.985. The topological polar surface area (TPSA) is 69.6 Å². The normalized spacial score (nSPS) is 13.9. The summed E-state index contributed by atoms with van der Waals surface area (Å²) in [6.45, 7) is -0.174. The molecule has 0 unspecified atom stereocenters. The molecule has 0 fully saturated rings. The second-order valence-corrected chi connectivity index (χ2v) is 4.90. The summed E-state index contributed by atoms with van der Waals surface area (Å²) in [4.78, 5) is 11.4. The zero-order chi connectivity index (χ0) is 15.8. The van der Waals surface area contributed by atoms with Crippen LogP contribution in [0.1, 0.15) is 17.2 Å². The Balaban J connectivity index is 2.11. The van der Waals surface area contributed by atoms with E-state index in [4.69, 9.17) is 0 Å². The van der Waals surface area contributed by atoms with Crippen LogP contribution in [0.4, 0.5) is 0 Å². The first-order valence-corrected chi connectivity index (χ1v) is 7.08. The van der Waals surface area contributed by atoms with Crippen LogP contribution in [0.25, 0.3) is 6.08 Å². The van der Waals surface area contributed by atoms with Gasteiger partial charge in [0.2, 0.25) is 0 Å². The van der Waals surface area contributed by atoms with E-state index in [-0.39, 0.29) is 6.61 Å². The molecular formula is C18H19NO3. The van der Waals surface area contributed by atoms with Crippen molar-refractivity contribution in [2.75, 3.05) is 6.61 Å². The first-order valence-electron chi connectivity index (χ1n) is 7.08. The number of aliphatic hydroxyl groups is 1. The van der Waals surface area contributed by atoms with E-state index < -0.39 is 18.1 Å². The second-order valence-electron chi connectivity index (χ2n) is 4.90. The number of benzene rings is 2. The molecule has 0 saturated heterocycles. The first kappa shape index (κ1) is 15.9. The van der Waals surface area contributed by atoms with Gasteiger partial charge in [-0.3, -0.25) is 10.1 Å². The van der Waals surface area contributed by atoms with E-state index in [0.717, 1.165) is 11.1 Å². The smallest absolute Gasteiger partial charge is 0.324 e. The summed E-state index contributed by atoms with van der Waals surface area (Å²) in [6.07, 6.45) is 3.34. The Morgan fingerprint density at radius 1 is 1.05 bits per heavy atom. The Morgan fingerprint density at radius 3 is 2.18 bits per heavy atom. The molecule has 2 aromatic rings. The van der Waals surface area contributed by atoms with Crippen LogP contribution in [0, 0.1) is 0 Å². The highest BCUT2D eigenvalue weighted by Crippen LogP contribution is 2.13. The molecule has 0 aliphatic rings. The van der Waals surface area contributed by atoms with Gasteiger partial charge in [0.1, 0.15) is 6.04 Å². The van der Waals surface area contributed by atoms with E-state index in [0.29, 0.717) is 0 Å². The highest BCUT2D eigenvalue weighted by molar-refractivity contribution is 5.77. The zero-order valence-electron chi connectivity index (χ0n) is 12.1. The summed E-state index contributed by atoms with van der Waals surface area (Å²) in [5, 5.41) is 21.8. The molecule has 2 aromatic carbocycles. The Morgan fingerprint density at radius 2 is 1.64 bits per heavy atom. The van der Waals surface area contributed by atoms with Crippen LogP contribution in [0.3, 0.4) is 0 Å². The first-order chi connectivity index (χ1) is 10.7. The van der Waals surface area contributed by atoms with Gasteiger partial charge in [0, 0.05) is 0 Å². The third-order valence-corrected chi connectivity index (χ3v) is 3.31. The van der Waals surface area contributed by atoms with Gasteiger partial charge in [-0.2, -0.15) is 0 Å². The predicted octanol–water partition coefficient (Wildman–Crippen LogP) is 2.48. The number of nitrogens with one attached hydrogen (secondary N) is 1. The predicted molar refractivity (Wildman–Crippen MR) is 86.3 cm³/mol. The standard InChI is InChI=1S/C18H19NO3/c20-13-17(15-9-5-2-6-10-15)19-16(18(21)22)12-11-14-7-3-1-4-8-14/h1-12,16-17,19-20H,13H2,(H,21,22)/b12-11+/t16-,17-/m0/s1. The fraction of sp³-hybridized carbons (Fsp3) is 0.167. The second kappa shape index (κ2) is 8.12. The molecule has 0 amide bonds. The number of carboxylic acids is 1. The number of rotatable bonds is 7. The van der Waals surface area contributed by atoms with E-state index in [1.807, 2.05) is 60.7 Å². The molecule has 3 N–H and O–H groups in total. The molecule has 2 rings (SSSR count). The van der Waals surface area contributed by atoms with Crippen LogP contribution in [0.15, 0.2) is 66.7 Å². The highest BCUT2D eigenvalue weighted by atomic mass is 16.4. The maximum absolute atomic E-state index is 11.4. The average Bonchev–Trinajstić information content (AvgIpc) is 2.56. The van der Waals surface area contributed by atoms with Gasteiger partial charge in [0.25, 0.3) is 0 Å². The SMILES string of the molecule is O=C(O)[C@H](/C=C/c1ccccc1)N[C@@H](CO)c1ccccc1. The minimum Gasteiger partial charge on any atom is -0.480 e. The van der Waals surface area contributed by atoms with Gasteiger partial charge < -0.3 is 10.2 Å². The average molecular weight is 297 g/mol. The molecule has 114 valence electrons. The van der Waals surface area contributed by atoms with Crippen molar-refractivity contribution >= 4 is 12.0 Å². The number of carboxylic acid groups (broad SMARTS) is 1. The van der Waals surface area contributed by atoms with Crippen molar-refractivity contribution in [2.24, 2.45) is 0 Å². The Labute approximate surface area is 129 Å². The lowest BCUT2D eigenvalue weighted by molar-refractivity contribution is -0.138. The lowest BCUT2D eigenvalue weighted by Crippen LogP contribution is -2.39. The summed E-state index contributed by atoms with van der Waals surface area (Å²) >= 11 is 0. The van der Waals surface area contributed by atoms with Crippen LogP contribution in [-0.4, -0.2) is 28.8 Å². The number of carbonyl (C=O) groups is 1. The van der Waals surface area contributed by atoms with Crippen molar-refractivity contribution in [3.05, 3.63) is 77.9 Å². The number of aliphatic carboxylic acids is 1. The van der Waals surface area contributed by atoms with E-state index in [1.54, 1.807) is 12.2 Å². The van der Waals surface area contributed by atoms with E-state index in [2.05, 4.69) is 5.32 Å². The minimum absolute atomic E-state index is 0.174. The maximum atomic E-state index is 11.4. The third kappa shape index (κ3) is 4.55. The lowest BCUT2D eigenvalue weighted by Gasteiger charge is -2.20. The zero-order valence-corrected chi connectivity index (χ0v) is 12.1. The fourth-order valence-electron chi connectivity index (χ4n) is 2.14. The molecule has 2 atom stereocenters. The van der Waals surface area contributed by atoms with Gasteiger partial charge in [0.15, 0.2) is 0 Å². The monoisotopic (exact) mass is 297 g/mol. The molecule has 0 aliphatic carbocycles. The molecule has 0 heterocycles. The Hall–Kier alpha value is -2.43. The number of hydrogen-bond donors (Lipinski definition) is 3. The van der Waals surface area contributed by atoms with Gasteiger partial charge in [-0.25, -0.2) is 0 Å². The molecule has 22 heavy (non-hydrogen) atoms.